The van der Waals surface area contributed by atoms with Crippen molar-refractivity contribution in [2.45, 2.75) is 6.92 Å². The van der Waals surface area contributed by atoms with Crippen LogP contribution in [0.4, 0.5) is 10.1 Å². The molecule has 0 fully saturated rings. The molecule has 0 aliphatic heterocycles. The Morgan fingerprint density at radius 3 is 2.54 bits per heavy atom. The lowest BCUT2D eigenvalue weighted by atomic mass is 10.0. The fraction of sp³-hybridized carbons (Fsp3) is 0.0435. The second-order valence-corrected chi connectivity index (χ2v) is 7.41. The van der Waals surface area contributed by atoms with Gasteiger partial charge in [0.15, 0.2) is 0 Å². The van der Waals surface area contributed by atoms with Crippen molar-refractivity contribution in [1.29, 1.82) is 0 Å². The summed E-state index contributed by atoms with van der Waals surface area (Å²) < 4.78 is 14.6. The molecular formula is C23H16BrFN2O. The van der Waals surface area contributed by atoms with Crippen LogP contribution in [0.2, 0.25) is 0 Å². The number of carbonyl (C=O) groups is 1. The normalized spacial score (nSPS) is 10.8. The lowest BCUT2D eigenvalue weighted by Gasteiger charge is -2.12. The predicted molar refractivity (Wildman–Crippen MR) is 114 cm³/mol. The number of aromatic nitrogens is 1. The Kier molecular flexibility index (Phi) is 4.92. The number of para-hydroxylation sites is 1. The molecule has 0 unspecified atom stereocenters. The molecule has 3 aromatic carbocycles. The highest BCUT2D eigenvalue weighted by molar-refractivity contribution is 9.10. The van der Waals surface area contributed by atoms with Gasteiger partial charge in [-0.3, -0.25) is 4.79 Å². The maximum atomic E-state index is 13.6. The predicted octanol–water partition coefficient (Wildman–Crippen LogP) is 6.36. The number of aryl methyl sites for hydroxylation is 1. The van der Waals surface area contributed by atoms with Gasteiger partial charge in [-0.15, -0.1) is 0 Å². The number of nitrogens with zero attached hydrogens (tertiary/aromatic N) is 1. The molecule has 0 aliphatic carbocycles. The van der Waals surface area contributed by atoms with Crippen LogP contribution in [0.5, 0.6) is 0 Å². The molecule has 1 N–H and O–H groups in total. The summed E-state index contributed by atoms with van der Waals surface area (Å²) in [5.74, 6) is -0.693. The topological polar surface area (TPSA) is 42.0 Å². The molecule has 4 aromatic rings. The fourth-order valence-electron chi connectivity index (χ4n) is 3.05. The third kappa shape index (κ3) is 3.66. The van der Waals surface area contributed by atoms with Crippen LogP contribution >= 0.6 is 15.9 Å². The fourth-order valence-corrected chi connectivity index (χ4v) is 3.31. The Hall–Kier alpha value is -3.05. The van der Waals surface area contributed by atoms with E-state index >= 15 is 0 Å². The molecule has 0 saturated carbocycles. The zero-order valence-electron chi connectivity index (χ0n) is 15.0. The van der Waals surface area contributed by atoms with E-state index in [4.69, 9.17) is 4.98 Å². The number of anilines is 1. The molecule has 1 aromatic heterocycles. The zero-order chi connectivity index (χ0) is 19.7. The van der Waals surface area contributed by atoms with Gasteiger partial charge in [0.05, 0.1) is 16.8 Å². The molecule has 138 valence electrons. The van der Waals surface area contributed by atoms with Gasteiger partial charge in [-0.2, -0.15) is 0 Å². The summed E-state index contributed by atoms with van der Waals surface area (Å²) in [5.41, 5.74) is 4.07. The SMILES string of the molecule is Cc1ccc(F)cc1NC(=O)c1cc(-c2ccc(Br)cc2)nc2ccccc12. The van der Waals surface area contributed by atoms with Gasteiger partial charge in [-0.05, 0) is 48.9 Å². The molecule has 0 bridgehead atoms. The molecule has 1 amide bonds. The smallest absolute Gasteiger partial charge is 0.256 e. The largest absolute Gasteiger partial charge is 0.322 e. The Balaban J connectivity index is 1.81. The van der Waals surface area contributed by atoms with Crippen molar-refractivity contribution >= 4 is 38.4 Å². The molecule has 1 heterocycles. The highest BCUT2D eigenvalue weighted by atomic mass is 79.9. The molecule has 4 rings (SSSR count). The number of benzene rings is 3. The highest BCUT2D eigenvalue weighted by Gasteiger charge is 2.15. The maximum Gasteiger partial charge on any atom is 0.256 e. The van der Waals surface area contributed by atoms with Crippen molar-refractivity contribution in [1.82, 2.24) is 4.98 Å². The quantitative estimate of drug-likeness (QED) is 0.407. The van der Waals surface area contributed by atoms with Crippen molar-refractivity contribution in [2.75, 3.05) is 5.32 Å². The number of amides is 1. The first-order chi connectivity index (χ1) is 13.5. The van der Waals surface area contributed by atoms with Crippen molar-refractivity contribution in [2.24, 2.45) is 0 Å². The molecule has 0 aliphatic rings. The zero-order valence-corrected chi connectivity index (χ0v) is 16.6. The highest BCUT2D eigenvalue weighted by Crippen LogP contribution is 2.27. The average Bonchev–Trinajstić information content (AvgIpc) is 2.70. The van der Waals surface area contributed by atoms with Crippen LogP contribution in [0.3, 0.4) is 0 Å². The van der Waals surface area contributed by atoms with E-state index in [9.17, 15) is 9.18 Å². The van der Waals surface area contributed by atoms with Crippen LogP contribution in [0, 0.1) is 12.7 Å². The van der Waals surface area contributed by atoms with Crippen molar-refractivity contribution in [3.63, 3.8) is 0 Å². The lowest BCUT2D eigenvalue weighted by molar-refractivity contribution is 0.102. The minimum Gasteiger partial charge on any atom is -0.322 e. The summed E-state index contributed by atoms with van der Waals surface area (Å²) in [6, 6.07) is 21.4. The standard InChI is InChI=1S/C23H16BrFN2O/c1-14-6-11-17(25)12-21(14)27-23(28)19-13-22(15-7-9-16(24)10-8-15)26-20-5-3-2-4-18(19)20/h2-13H,1H3,(H,27,28). The first-order valence-corrected chi connectivity index (χ1v) is 9.54. The summed E-state index contributed by atoms with van der Waals surface area (Å²) >= 11 is 3.43. The van der Waals surface area contributed by atoms with Gasteiger partial charge in [0, 0.05) is 21.1 Å². The van der Waals surface area contributed by atoms with E-state index in [-0.39, 0.29) is 5.91 Å². The van der Waals surface area contributed by atoms with Crippen molar-refractivity contribution < 1.29 is 9.18 Å². The Labute approximate surface area is 170 Å². The van der Waals surface area contributed by atoms with E-state index < -0.39 is 5.82 Å². The van der Waals surface area contributed by atoms with Gasteiger partial charge >= 0.3 is 0 Å². The number of carbonyl (C=O) groups excluding carboxylic acids is 1. The first kappa shape index (κ1) is 18.3. The Morgan fingerprint density at radius 1 is 1.00 bits per heavy atom. The minimum absolute atomic E-state index is 0.300. The minimum atomic E-state index is -0.393. The third-order valence-corrected chi connectivity index (χ3v) is 5.08. The summed E-state index contributed by atoms with van der Waals surface area (Å²) in [6.45, 7) is 1.83. The number of rotatable bonds is 3. The van der Waals surface area contributed by atoms with Crippen LogP contribution < -0.4 is 5.32 Å². The summed E-state index contributed by atoms with van der Waals surface area (Å²) in [4.78, 5) is 17.8. The van der Waals surface area contributed by atoms with Gasteiger partial charge in [-0.25, -0.2) is 9.37 Å². The van der Waals surface area contributed by atoms with E-state index in [1.807, 2.05) is 55.5 Å². The first-order valence-electron chi connectivity index (χ1n) is 8.74. The Morgan fingerprint density at radius 2 is 1.75 bits per heavy atom. The van der Waals surface area contributed by atoms with Gasteiger partial charge < -0.3 is 5.32 Å². The van der Waals surface area contributed by atoms with Crippen LogP contribution in [0.1, 0.15) is 15.9 Å². The number of halogens is 2. The Bertz CT molecular complexity index is 1190. The average molecular weight is 435 g/mol. The van der Waals surface area contributed by atoms with Crippen LogP contribution in [-0.4, -0.2) is 10.9 Å². The molecule has 0 saturated heterocycles. The van der Waals surface area contributed by atoms with Gasteiger partial charge in [0.2, 0.25) is 0 Å². The molecule has 3 nitrogen and oxygen atoms in total. The monoisotopic (exact) mass is 434 g/mol. The van der Waals surface area contributed by atoms with E-state index in [0.717, 1.165) is 26.5 Å². The second-order valence-electron chi connectivity index (χ2n) is 6.49. The summed E-state index contributed by atoms with van der Waals surface area (Å²) in [5, 5.41) is 3.58. The summed E-state index contributed by atoms with van der Waals surface area (Å²) in [6.07, 6.45) is 0. The van der Waals surface area contributed by atoms with E-state index in [0.29, 0.717) is 16.9 Å². The van der Waals surface area contributed by atoms with Crippen LogP contribution in [-0.2, 0) is 0 Å². The number of hydrogen-bond acceptors (Lipinski definition) is 2. The van der Waals surface area contributed by atoms with Gasteiger partial charge in [0.1, 0.15) is 5.82 Å². The molecule has 28 heavy (non-hydrogen) atoms. The number of fused-ring (bicyclic) bond motifs is 1. The van der Waals surface area contributed by atoms with Gasteiger partial charge in [-0.1, -0.05) is 52.3 Å². The third-order valence-electron chi connectivity index (χ3n) is 4.55. The molecule has 5 heteroatoms. The van der Waals surface area contributed by atoms with Crippen molar-refractivity contribution in [3.05, 3.63) is 94.2 Å². The molecule has 0 atom stereocenters. The van der Waals surface area contributed by atoms with Gasteiger partial charge in [0.25, 0.3) is 5.91 Å². The number of nitrogens with one attached hydrogen (secondary N) is 1. The molecule has 0 radical (unpaired) electrons. The summed E-state index contributed by atoms with van der Waals surface area (Å²) in [7, 11) is 0. The van der Waals surface area contributed by atoms with E-state index in [1.54, 1.807) is 12.1 Å². The number of hydrogen-bond donors (Lipinski definition) is 1. The van der Waals surface area contributed by atoms with E-state index in [2.05, 4.69) is 21.2 Å². The van der Waals surface area contributed by atoms with Crippen molar-refractivity contribution in [3.8, 4) is 11.3 Å². The van der Waals surface area contributed by atoms with Crippen LogP contribution in [0.25, 0.3) is 22.2 Å². The van der Waals surface area contributed by atoms with E-state index in [1.165, 1.54) is 12.1 Å². The van der Waals surface area contributed by atoms with Crippen LogP contribution in [0.15, 0.2) is 77.3 Å². The number of pyridine rings is 1. The molecular weight excluding hydrogens is 419 g/mol. The molecule has 0 spiro atoms. The second kappa shape index (κ2) is 7.52. The lowest BCUT2D eigenvalue weighted by Crippen LogP contribution is -2.14. The maximum absolute atomic E-state index is 13.6.